The van der Waals surface area contributed by atoms with Crippen molar-refractivity contribution in [3.05, 3.63) is 47.0 Å². The Hall–Kier alpha value is -2.07. The van der Waals surface area contributed by atoms with Crippen LogP contribution in [0.25, 0.3) is 0 Å². The molecule has 2 saturated carbocycles. The molecule has 3 aliphatic carbocycles. The summed E-state index contributed by atoms with van der Waals surface area (Å²) in [6.07, 6.45) is 2.04. The molecule has 0 amide bonds. The number of benzene rings is 1. The smallest absolute Gasteiger partial charge is 0.373 e. The Balaban J connectivity index is 0.000000967. The van der Waals surface area contributed by atoms with Gasteiger partial charge in [0.25, 0.3) is 0 Å². The van der Waals surface area contributed by atoms with Gasteiger partial charge in [0.2, 0.25) is 0 Å². The van der Waals surface area contributed by atoms with Gasteiger partial charge in [0.1, 0.15) is 5.78 Å². The van der Waals surface area contributed by atoms with Crippen molar-refractivity contribution >= 4 is 11.9 Å². The van der Waals surface area contributed by atoms with Gasteiger partial charge in [0, 0.05) is 28.1 Å². The number of carbonyl (C=O) groups excluding carboxylic acids is 3. The van der Waals surface area contributed by atoms with Crippen LogP contribution in [0.15, 0.2) is 41.5 Å². The van der Waals surface area contributed by atoms with Gasteiger partial charge in [0.15, 0.2) is 0 Å². The van der Waals surface area contributed by atoms with Crippen molar-refractivity contribution in [2.75, 3.05) is 6.61 Å². The first-order valence-corrected chi connectivity index (χ1v) is 13.4. The Morgan fingerprint density at radius 3 is 2.14 bits per heavy atom. The number of carbonyl (C=O) groups is 1. The lowest BCUT2D eigenvalue weighted by Crippen LogP contribution is -2.72. The minimum absolute atomic E-state index is 0.0151. The van der Waals surface area contributed by atoms with Crippen LogP contribution in [0, 0.1) is 39.9 Å². The molecule has 5 heteroatoms. The van der Waals surface area contributed by atoms with Crippen LogP contribution in [0.2, 0.25) is 0 Å². The van der Waals surface area contributed by atoms with Crippen LogP contribution in [0.3, 0.4) is 0 Å². The first-order valence-electron chi connectivity index (χ1n) is 13.4. The molecule has 1 unspecified atom stereocenters. The van der Waals surface area contributed by atoms with Gasteiger partial charge in [0.05, 0.1) is 18.3 Å². The summed E-state index contributed by atoms with van der Waals surface area (Å²) in [5.74, 6) is 0.492. The predicted molar refractivity (Wildman–Crippen MR) is 137 cm³/mol. The minimum Gasteiger partial charge on any atom is -0.388 e. The molecule has 9 atom stereocenters. The minimum atomic E-state index is -0.955. The maximum Gasteiger partial charge on any atom is 0.373 e. The van der Waals surface area contributed by atoms with Gasteiger partial charge in [-0.2, -0.15) is 9.59 Å². The highest BCUT2D eigenvalue weighted by Crippen LogP contribution is 2.71. The predicted octanol–water partition coefficient (Wildman–Crippen LogP) is 5.59. The van der Waals surface area contributed by atoms with Gasteiger partial charge in [-0.05, 0) is 43.1 Å². The summed E-state index contributed by atoms with van der Waals surface area (Å²) in [6, 6.07) is 10.6. The van der Waals surface area contributed by atoms with Crippen LogP contribution >= 0.6 is 0 Å². The highest BCUT2D eigenvalue weighted by Gasteiger charge is 2.72. The lowest BCUT2D eigenvalue weighted by Gasteiger charge is -2.70. The van der Waals surface area contributed by atoms with E-state index in [1.807, 2.05) is 6.07 Å². The zero-order valence-corrected chi connectivity index (χ0v) is 23.1. The number of hydrogen-bond acceptors (Lipinski definition) is 5. The number of aliphatic hydroxyl groups is 1. The Bertz CT molecular complexity index is 1100. The molecule has 5 rings (SSSR count). The monoisotopic (exact) mass is 494 g/mol. The van der Waals surface area contributed by atoms with Crippen LogP contribution < -0.4 is 0 Å². The highest BCUT2D eigenvalue weighted by molar-refractivity contribution is 5.91. The summed E-state index contributed by atoms with van der Waals surface area (Å²) in [6.45, 7) is 18.4. The van der Waals surface area contributed by atoms with Crippen LogP contribution in [0.5, 0.6) is 0 Å². The summed E-state index contributed by atoms with van der Waals surface area (Å²) >= 11 is 0. The van der Waals surface area contributed by atoms with Gasteiger partial charge in [-0.1, -0.05) is 89.9 Å². The zero-order valence-electron chi connectivity index (χ0n) is 23.1. The first kappa shape index (κ1) is 27.0. The van der Waals surface area contributed by atoms with Crippen LogP contribution in [-0.2, 0) is 19.1 Å². The third kappa shape index (κ3) is 3.32. The topological polar surface area (TPSA) is 80.7 Å². The molecule has 1 heterocycles. The average molecular weight is 495 g/mol. The Kier molecular flexibility index (Phi) is 6.56. The van der Waals surface area contributed by atoms with Crippen molar-refractivity contribution in [2.24, 2.45) is 39.9 Å². The molecule has 1 aromatic rings. The van der Waals surface area contributed by atoms with E-state index in [1.54, 1.807) is 0 Å². The van der Waals surface area contributed by atoms with Crippen molar-refractivity contribution < 1.29 is 24.2 Å². The molecule has 0 aromatic heterocycles. The fourth-order valence-corrected chi connectivity index (χ4v) is 9.04. The van der Waals surface area contributed by atoms with E-state index in [4.69, 9.17) is 14.3 Å². The quantitative estimate of drug-likeness (QED) is 0.515. The number of allylic oxidation sites excluding steroid dienone is 1. The first-order chi connectivity index (χ1) is 16.7. The van der Waals surface area contributed by atoms with E-state index in [-0.39, 0.29) is 47.3 Å². The van der Waals surface area contributed by atoms with Crippen LogP contribution in [0.1, 0.15) is 79.7 Å². The maximum absolute atomic E-state index is 14.6. The number of ketones is 1. The summed E-state index contributed by atoms with van der Waals surface area (Å²) in [5.41, 5.74) is 1.55. The second-order valence-electron chi connectivity index (χ2n) is 13.0. The van der Waals surface area contributed by atoms with Crippen molar-refractivity contribution in [3.8, 4) is 0 Å². The summed E-state index contributed by atoms with van der Waals surface area (Å²) in [4.78, 5) is 30.9. The molecule has 0 spiro atoms. The van der Waals surface area contributed by atoms with Gasteiger partial charge < -0.3 is 9.84 Å². The number of Topliss-reactive ketones (excluding diaryl/α,β-unsaturated/α-hetero) is 1. The Labute approximate surface area is 215 Å². The van der Waals surface area contributed by atoms with E-state index in [2.05, 4.69) is 79.7 Å². The van der Waals surface area contributed by atoms with Crippen molar-refractivity contribution in [1.29, 1.82) is 0 Å². The fourth-order valence-electron chi connectivity index (χ4n) is 9.04. The van der Waals surface area contributed by atoms with E-state index in [0.717, 1.165) is 12.8 Å². The van der Waals surface area contributed by atoms with Gasteiger partial charge in [-0.3, -0.25) is 4.79 Å². The third-order valence-electron chi connectivity index (χ3n) is 11.2. The molecule has 36 heavy (non-hydrogen) atoms. The number of ether oxygens (including phenoxy) is 1. The van der Waals surface area contributed by atoms with Crippen molar-refractivity contribution in [3.63, 3.8) is 0 Å². The molecule has 5 nitrogen and oxygen atoms in total. The van der Waals surface area contributed by atoms with E-state index >= 15 is 0 Å². The molecule has 4 aliphatic rings. The molecule has 196 valence electrons. The van der Waals surface area contributed by atoms with Crippen LogP contribution in [-0.4, -0.2) is 35.4 Å². The Morgan fingerprint density at radius 2 is 1.61 bits per heavy atom. The molecule has 1 saturated heterocycles. The maximum atomic E-state index is 14.6. The van der Waals surface area contributed by atoms with Gasteiger partial charge in [-0.25, -0.2) is 0 Å². The number of hydrogen-bond donors (Lipinski definition) is 1. The fraction of sp³-hybridized carbons (Fsp3) is 0.677. The molecular weight excluding hydrogens is 452 g/mol. The average Bonchev–Trinajstić information content (AvgIpc) is 2.82. The van der Waals surface area contributed by atoms with Crippen LogP contribution in [0.4, 0.5) is 0 Å². The lowest BCUT2D eigenvalue weighted by molar-refractivity contribution is -0.283. The van der Waals surface area contributed by atoms with Gasteiger partial charge in [-0.15, -0.1) is 0 Å². The largest absolute Gasteiger partial charge is 0.388 e. The third-order valence-corrected chi connectivity index (χ3v) is 11.2. The molecule has 1 N–H and O–H groups in total. The lowest BCUT2D eigenvalue weighted by atomic mass is 9.37. The summed E-state index contributed by atoms with van der Waals surface area (Å²) in [5, 5.41) is 13.0. The standard InChI is InChI=1S/C30H42O3.CO2/c1-17-15-30(32)24(21-12-10-9-11-13-21)25-28(7)16-33-22(28)14-18(2)29(25,8)26(31)20(4)23(19(17)3)27(30,5)6;2-1-3/h9-13,17-18,20,22,24-25,32H,14-16H2,1-8H3;/t17-,18-,20+,22+,24-,25?,28+,29+,30+;/m0./s1. The molecule has 1 aromatic carbocycles. The number of fused-ring (bicyclic) bond motifs is 5. The van der Waals surface area contributed by atoms with E-state index in [9.17, 15) is 9.90 Å². The Morgan fingerprint density at radius 1 is 1.03 bits per heavy atom. The molecule has 2 bridgehead atoms. The summed E-state index contributed by atoms with van der Waals surface area (Å²) < 4.78 is 6.15. The second kappa shape index (κ2) is 8.75. The highest BCUT2D eigenvalue weighted by atomic mass is 16.5. The SMILES string of the molecule is CC1=C2[C@@H](C)C(=O)[C@@]3(C)C([C@H](c4ccccc4)[C@](O)(C[C@@H]1C)C2(C)C)[C@]1(C)CO[C@@H]1C[C@@H]3C.O=C=O. The number of rotatable bonds is 1. The zero-order chi connectivity index (χ0) is 26.8. The van der Waals surface area contributed by atoms with E-state index in [1.165, 1.54) is 16.7 Å². The second-order valence-corrected chi connectivity index (χ2v) is 13.0. The van der Waals surface area contributed by atoms with Crippen molar-refractivity contribution in [2.45, 2.75) is 85.9 Å². The summed E-state index contributed by atoms with van der Waals surface area (Å²) in [7, 11) is 0. The van der Waals surface area contributed by atoms with Crippen molar-refractivity contribution in [1.82, 2.24) is 0 Å². The molecule has 3 fully saturated rings. The van der Waals surface area contributed by atoms with E-state index < -0.39 is 16.4 Å². The van der Waals surface area contributed by atoms with Gasteiger partial charge >= 0.3 is 6.15 Å². The molecular formula is C31H42O5. The normalized spacial score (nSPS) is 45.0. The van der Waals surface area contributed by atoms with E-state index in [0.29, 0.717) is 12.4 Å². The molecule has 0 radical (unpaired) electrons. The molecule has 1 aliphatic heterocycles.